The van der Waals surface area contributed by atoms with Gasteiger partial charge in [-0.1, -0.05) is 18.9 Å². The summed E-state index contributed by atoms with van der Waals surface area (Å²) in [6.45, 7) is 3.65. The molecule has 2 aliphatic heterocycles. The van der Waals surface area contributed by atoms with Gasteiger partial charge in [-0.15, -0.1) is 0 Å². The van der Waals surface area contributed by atoms with Crippen molar-refractivity contribution in [1.29, 1.82) is 0 Å². The molecule has 0 saturated carbocycles. The lowest BCUT2D eigenvalue weighted by Gasteiger charge is -2.37. The number of carbonyl (C=O) groups excluding carboxylic acids is 1. The van der Waals surface area contributed by atoms with E-state index in [0.29, 0.717) is 12.5 Å². The molecule has 1 unspecified atom stereocenters. The molecule has 2 saturated heterocycles. The lowest BCUT2D eigenvalue weighted by molar-refractivity contribution is -0.136. The molecule has 4 heteroatoms. The molecule has 1 atom stereocenters. The van der Waals surface area contributed by atoms with Crippen molar-refractivity contribution in [3.8, 4) is 0 Å². The fraction of sp³-hybridized carbons (Fsp3) is 0.667. The number of amides is 1. The number of pyridine rings is 1. The predicted octanol–water partition coefficient (Wildman–Crippen LogP) is 3.01. The zero-order chi connectivity index (χ0) is 15.2. The zero-order valence-corrected chi connectivity index (χ0v) is 13.4. The van der Waals surface area contributed by atoms with Crippen LogP contribution in [0.25, 0.3) is 0 Å². The molecule has 0 bridgehead atoms. The first-order chi connectivity index (χ1) is 10.8. The molecular weight excluding hydrogens is 274 g/mol. The fourth-order valence-electron chi connectivity index (χ4n) is 3.73. The Morgan fingerprint density at radius 2 is 1.86 bits per heavy atom. The van der Waals surface area contributed by atoms with E-state index in [9.17, 15) is 4.79 Å². The Balaban J connectivity index is 1.66. The normalized spacial score (nSPS) is 24.0. The van der Waals surface area contributed by atoms with Crippen LogP contribution in [0.3, 0.4) is 0 Å². The second-order valence-electron chi connectivity index (χ2n) is 6.58. The summed E-state index contributed by atoms with van der Waals surface area (Å²) in [5.74, 6) is 0.301. The Labute approximate surface area is 133 Å². The van der Waals surface area contributed by atoms with Gasteiger partial charge in [0.1, 0.15) is 0 Å². The molecule has 3 heterocycles. The third-order valence-electron chi connectivity index (χ3n) is 4.95. The Bertz CT molecular complexity index is 468. The molecular formula is C18H27N3O. The number of aromatic nitrogens is 1. The first-order valence-electron chi connectivity index (χ1n) is 8.76. The molecule has 0 aromatic carbocycles. The Kier molecular flexibility index (Phi) is 5.43. The second-order valence-corrected chi connectivity index (χ2v) is 6.58. The highest BCUT2D eigenvalue weighted by Gasteiger charge is 2.29. The van der Waals surface area contributed by atoms with Crippen molar-refractivity contribution in [2.24, 2.45) is 0 Å². The van der Waals surface area contributed by atoms with E-state index in [1.807, 2.05) is 12.3 Å². The lowest BCUT2D eigenvalue weighted by Crippen LogP contribution is -2.44. The lowest BCUT2D eigenvalue weighted by atomic mass is 9.96. The van der Waals surface area contributed by atoms with Crippen molar-refractivity contribution in [2.75, 3.05) is 26.2 Å². The van der Waals surface area contributed by atoms with E-state index in [1.165, 1.54) is 37.7 Å². The molecule has 120 valence electrons. The summed E-state index contributed by atoms with van der Waals surface area (Å²) in [7, 11) is 0. The average molecular weight is 301 g/mol. The van der Waals surface area contributed by atoms with Gasteiger partial charge in [0.2, 0.25) is 5.91 Å². The Morgan fingerprint density at radius 3 is 2.59 bits per heavy atom. The second kappa shape index (κ2) is 7.73. The zero-order valence-electron chi connectivity index (χ0n) is 13.4. The molecule has 4 nitrogen and oxygen atoms in total. The number of carbonyl (C=O) groups is 1. The molecule has 0 spiro atoms. The van der Waals surface area contributed by atoms with Crippen molar-refractivity contribution in [2.45, 2.75) is 51.0 Å². The van der Waals surface area contributed by atoms with Gasteiger partial charge in [0.15, 0.2) is 0 Å². The van der Waals surface area contributed by atoms with Crippen LogP contribution >= 0.6 is 0 Å². The number of nitrogens with zero attached hydrogens (tertiary/aromatic N) is 3. The van der Waals surface area contributed by atoms with Gasteiger partial charge in [0, 0.05) is 18.9 Å². The summed E-state index contributed by atoms with van der Waals surface area (Å²) in [6, 6.07) is 4.30. The van der Waals surface area contributed by atoms with Crippen LogP contribution in [-0.2, 0) is 4.79 Å². The number of rotatable bonds is 3. The highest BCUT2D eigenvalue weighted by Crippen LogP contribution is 2.30. The summed E-state index contributed by atoms with van der Waals surface area (Å²) >= 11 is 0. The van der Waals surface area contributed by atoms with Gasteiger partial charge in [-0.25, -0.2) is 0 Å². The Morgan fingerprint density at radius 1 is 1.09 bits per heavy atom. The first kappa shape index (κ1) is 15.5. The van der Waals surface area contributed by atoms with Crippen LogP contribution in [0, 0.1) is 0 Å². The van der Waals surface area contributed by atoms with Gasteiger partial charge in [0.25, 0.3) is 0 Å². The van der Waals surface area contributed by atoms with E-state index in [-0.39, 0.29) is 6.04 Å². The summed E-state index contributed by atoms with van der Waals surface area (Å²) in [5.41, 5.74) is 1.19. The third-order valence-corrected chi connectivity index (χ3v) is 4.95. The maximum absolute atomic E-state index is 12.8. The van der Waals surface area contributed by atoms with Crippen LogP contribution in [0.4, 0.5) is 0 Å². The van der Waals surface area contributed by atoms with Crippen molar-refractivity contribution in [3.63, 3.8) is 0 Å². The Hall–Kier alpha value is -1.42. The number of hydrogen-bond acceptors (Lipinski definition) is 3. The van der Waals surface area contributed by atoms with Gasteiger partial charge < -0.3 is 4.90 Å². The van der Waals surface area contributed by atoms with Gasteiger partial charge in [-0.3, -0.25) is 14.7 Å². The molecule has 0 aliphatic carbocycles. The van der Waals surface area contributed by atoms with Crippen molar-refractivity contribution >= 4 is 5.91 Å². The van der Waals surface area contributed by atoms with Crippen LogP contribution in [0.15, 0.2) is 24.5 Å². The van der Waals surface area contributed by atoms with Crippen LogP contribution in [0.1, 0.15) is 56.6 Å². The van der Waals surface area contributed by atoms with Crippen molar-refractivity contribution < 1.29 is 4.79 Å². The smallest absolute Gasteiger partial charge is 0.237 e. The third kappa shape index (κ3) is 3.86. The van der Waals surface area contributed by atoms with E-state index in [1.54, 1.807) is 6.20 Å². The molecule has 1 aromatic heterocycles. The summed E-state index contributed by atoms with van der Waals surface area (Å²) in [6.07, 6.45) is 12.2. The molecule has 22 heavy (non-hydrogen) atoms. The fourth-order valence-corrected chi connectivity index (χ4v) is 3.73. The number of piperidine rings is 1. The van der Waals surface area contributed by atoms with E-state index >= 15 is 0 Å². The summed E-state index contributed by atoms with van der Waals surface area (Å²) < 4.78 is 0. The summed E-state index contributed by atoms with van der Waals surface area (Å²) in [4.78, 5) is 21.5. The van der Waals surface area contributed by atoms with Crippen LogP contribution in [0.2, 0.25) is 0 Å². The predicted molar refractivity (Wildman–Crippen MR) is 87.5 cm³/mol. The van der Waals surface area contributed by atoms with E-state index < -0.39 is 0 Å². The largest absolute Gasteiger partial charge is 0.334 e. The minimum Gasteiger partial charge on any atom is -0.334 e. The van der Waals surface area contributed by atoms with Crippen LogP contribution < -0.4 is 0 Å². The first-order valence-corrected chi connectivity index (χ1v) is 8.76. The molecule has 0 radical (unpaired) electrons. The topological polar surface area (TPSA) is 36.4 Å². The highest BCUT2D eigenvalue weighted by atomic mass is 16.2. The minimum atomic E-state index is 0.224. The van der Waals surface area contributed by atoms with Gasteiger partial charge in [0.05, 0.1) is 12.6 Å². The minimum absolute atomic E-state index is 0.224. The monoisotopic (exact) mass is 301 g/mol. The number of likely N-dealkylation sites (tertiary alicyclic amines) is 2. The molecule has 1 amide bonds. The standard InChI is InChI=1S/C18H27N3O/c22-18(15-20-11-4-1-2-5-12-20)21-13-6-3-9-17(21)16-8-7-10-19-14-16/h7-8,10,14,17H,1-6,9,11-13,15H2. The summed E-state index contributed by atoms with van der Waals surface area (Å²) in [5, 5.41) is 0. The average Bonchev–Trinajstić information content (AvgIpc) is 2.84. The maximum Gasteiger partial charge on any atom is 0.237 e. The SMILES string of the molecule is O=C(CN1CCCCCC1)N1CCCCC1c1cccnc1. The molecule has 1 aromatic rings. The van der Waals surface area contributed by atoms with Gasteiger partial charge in [-0.2, -0.15) is 0 Å². The van der Waals surface area contributed by atoms with Gasteiger partial charge in [-0.05, 0) is 56.8 Å². The van der Waals surface area contributed by atoms with Crippen molar-refractivity contribution in [3.05, 3.63) is 30.1 Å². The number of hydrogen-bond donors (Lipinski definition) is 0. The molecule has 2 aliphatic rings. The molecule has 0 N–H and O–H groups in total. The molecule has 2 fully saturated rings. The molecule has 3 rings (SSSR count). The highest BCUT2D eigenvalue weighted by molar-refractivity contribution is 5.79. The van der Waals surface area contributed by atoms with E-state index in [0.717, 1.165) is 32.5 Å². The van der Waals surface area contributed by atoms with Crippen LogP contribution in [-0.4, -0.2) is 46.9 Å². The van der Waals surface area contributed by atoms with Gasteiger partial charge >= 0.3 is 0 Å². The van der Waals surface area contributed by atoms with Crippen molar-refractivity contribution in [1.82, 2.24) is 14.8 Å². The van der Waals surface area contributed by atoms with Crippen LogP contribution in [0.5, 0.6) is 0 Å². The van der Waals surface area contributed by atoms with E-state index in [2.05, 4.69) is 20.9 Å². The van der Waals surface area contributed by atoms with E-state index in [4.69, 9.17) is 0 Å². The maximum atomic E-state index is 12.8. The quantitative estimate of drug-likeness (QED) is 0.861.